The number of nitrogens with zero attached hydrogens (tertiary/aromatic N) is 1. The van der Waals surface area contributed by atoms with E-state index in [0.717, 1.165) is 0 Å². The molecule has 3 aromatic carbocycles. The van der Waals surface area contributed by atoms with Crippen molar-refractivity contribution >= 4 is 73.6 Å². The van der Waals surface area contributed by atoms with Gasteiger partial charge in [-0.25, -0.2) is 0 Å². The fourth-order valence-corrected chi connectivity index (χ4v) is 10.8. The van der Waals surface area contributed by atoms with Gasteiger partial charge in [0.25, 0.3) is 0 Å². The zero-order chi connectivity index (χ0) is 19.3. The molecule has 1 nitrogen and oxygen atoms in total. The fourth-order valence-electron chi connectivity index (χ4n) is 2.76. The van der Waals surface area contributed by atoms with Gasteiger partial charge in [0.15, 0.2) is 0 Å². The van der Waals surface area contributed by atoms with E-state index in [4.69, 9.17) is 0 Å². The van der Waals surface area contributed by atoms with Crippen molar-refractivity contribution in [2.75, 3.05) is 19.6 Å². The maximum absolute atomic E-state index is 2.77. The summed E-state index contributed by atoms with van der Waals surface area (Å²) in [6.45, 7) is 3.88. The van der Waals surface area contributed by atoms with Crippen molar-refractivity contribution in [3.8, 4) is 0 Å². The monoisotopic (exact) mass is 719 g/mol. The third kappa shape index (κ3) is 9.20. The van der Waals surface area contributed by atoms with Crippen molar-refractivity contribution in [2.45, 2.75) is 13.4 Å². The molecule has 0 aliphatic carbocycles. The molecule has 0 heterocycles. The van der Waals surface area contributed by atoms with E-state index in [0.29, 0.717) is 0 Å². The van der Waals surface area contributed by atoms with Crippen LogP contribution in [-0.2, 0) is 0 Å². The molecular weight excluding hydrogens is 685 g/mol. The summed E-state index contributed by atoms with van der Waals surface area (Å²) in [5.74, 6) is 0. The summed E-state index contributed by atoms with van der Waals surface area (Å²) < 4.78 is 8.99. The average molecular weight is 712 g/mol. The van der Waals surface area contributed by atoms with Crippen LogP contribution in [0.2, 0.25) is 13.4 Å². The van der Waals surface area contributed by atoms with Gasteiger partial charge in [0.2, 0.25) is 0 Å². The van der Waals surface area contributed by atoms with Crippen molar-refractivity contribution in [2.24, 2.45) is 0 Å². The standard InChI is InChI=1S/C24H27NTe3/c1-4-10-22(11-5-1)26-19-16-25(17-20-27-23-12-6-2-7-13-23)18-21-28-24-14-8-3-9-15-24/h1-15H,16-21H2. The van der Waals surface area contributed by atoms with Crippen LogP contribution in [0.5, 0.6) is 0 Å². The van der Waals surface area contributed by atoms with Crippen molar-refractivity contribution in [3.63, 3.8) is 0 Å². The normalized spacial score (nSPS) is 11.0. The van der Waals surface area contributed by atoms with Gasteiger partial charge in [-0.05, 0) is 0 Å². The van der Waals surface area contributed by atoms with E-state index >= 15 is 0 Å². The number of rotatable bonds is 12. The SMILES string of the molecule is c1ccc([Te]CCN(CC[Te]c2ccccc2)CC[Te]c2ccccc2)cc1. The molecule has 0 saturated heterocycles. The Morgan fingerprint density at radius 3 is 1.00 bits per heavy atom. The molecule has 0 aromatic heterocycles. The maximum atomic E-state index is 2.77. The van der Waals surface area contributed by atoms with Crippen LogP contribution in [0, 0.1) is 0 Å². The first kappa shape index (κ1) is 22.7. The van der Waals surface area contributed by atoms with Crippen LogP contribution in [0.15, 0.2) is 91.0 Å². The van der Waals surface area contributed by atoms with Crippen molar-refractivity contribution in [1.82, 2.24) is 4.90 Å². The van der Waals surface area contributed by atoms with Crippen LogP contribution in [0.3, 0.4) is 0 Å². The Balaban J connectivity index is 1.44. The summed E-state index contributed by atoms with van der Waals surface area (Å²) in [5.41, 5.74) is 0. The Kier molecular flexibility index (Phi) is 11.4. The van der Waals surface area contributed by atoms with Gasteiger partial charge in [0.05, 0.1) is 0 Å². The molecule has 0 unspecified atom stereocenters. The molecule has 0 saturated carbocycles. The fraction of sp³-hybridized carbons (Fsp3) is 0.250. The van der Waals surface area contributed by atoms with Gasteiger partial charge in [0.1, 0.15) is 0 Å². The minimum atomic E-state index is -0.0381. The molecule has 3 aromatic rings. The Morgan fingerprint density at radius 1 is 0.429 bits per heavy atom. The van der Waals surface area contributed by atoms with Crippen LogP contribution >= 0.6 is 0 Å². The number of benzene rings is 3. The quantitative estimate of drug-likeness (QED) is 0.262. The molecule has 3 rings (SSSR count). The predicted octanol–water partition coefficient (Wildman–Crippen LogP) is 2.63. The van der Waals surface area contributed by atoms with Crippen LogP contribution in [0.25, 0.3) is 0 Å². The third-order valence-electron chi connectivity index (χ3n) is 4.26. The van der Waals surface area contributed by atoms with Gasteiger partial charge in [0, 0.05) is 0 Å². The van der Waals surface area contributed by atoms with Crippen LogP contribution in [0.4, 0.5) is 0 Å². The number of hydrogen-bond acceptors (Lipinski definition) is 1. The molecule has 0 atom stereocenters. The molecule has 0 fully saturated rings. The van der Waals surface area contributed by atoms with E-state index in [1.54, 1.807) is 10.8 Å². The first-order valence-electron chi connectivity index (χ1n) is 9.66. The van der Waals surface area contributed by atoms with Crippen LogP contribution in [0.1, 0.15) is 0 Å². The molecule has 28 heavy (non-hydrogen) atoms. The van der Waals surface area contributed by atoms with Crippen molar-refractivity contribution in [3.05, 3.63) is 91.0 Å². The second-order valence-corrected chi connectivity index (χ2v) is 16.3. The summed E-state index contributed by atoms with van der Waals surface area (Å²) in [6, 6.07) is 33.4. The van der Waals surface area contributed by atoms with E-state index in [2.05, 4.69) is 95.9 Å². The van der Waals surface area contributed by atoms with E-state index in [1.807, 2.05) is 0 Å². The molecular formula is C24H27NTe3. The summed E-state index contributed by atoms with van der Waals surface area (Å²) in [6.07, 6.45) is 0. The molecule has 0 bridgehead atoms. The Hall–Kier alpha value is -0.0112. The Labute approximate surface area is 200 Å². The van der Waals surface area contributed by atoms with Gasteiger partial charge in [-0.2, -0.15) is 0 Å². The zero-order valence-electron chi connectivity index (χ0n) is 16.1. The Morgan fingerprint density at radius 2 is 0.714 bits per heavy atom. The summed E-state index contributed by atoms with van der Waals surface area (Å²) in [4.78, 5) is 2.77. The first-order valence-corrected chi connectivity index (χ1v) is 18.1. The van der Waals surface area contributed by atoms with Gasteiger partial charge in [-0.15, -0.1) is 0 Å². The predicted molar refractivity (Wildman–Crippen MR) is 126 cm³/mol. The van der Waals surface area contributed by atoms with E-state index in [1.165, 1.54) is 33.0 Å². The minimum absolute atomic E-state index is 0.0381. The van der Waals surface area contributed by atoms with Gasteiger partial charge in [-0.1, -0.05) is 0 Å². The first-order chi connectivity index (χ1) is 13.9. The Bertz CT molecular complexity index is 657. The molecule has 0 amide bonds. The topological polar surface area (TPSA) is 3.24 Å². The summed E-state index contributed by atoms with van der Waals surface area (Å²) in [5, 5.41) is 0. The molecule has 0 N–H and O–H groups in total. The van der Waals surface area contributed by atoms with E-state index in [9.17, 15) is 0 Å². The van der Waals surface area contributed by atoms with Gasteiger partial charge in [-0.3, -0.25) is 0 Å². The van der Waals surface area contributed by atoms with E-state index < -0.39 is 0 Å². The second kappa shape index (κ2) is 14.1. The van der Waals surface area contributed by atoms with E-state index in [-0.39, 0.29) is 62.8 Å². The van der Waals surface area contributed by atoms with Crippen molar-refractivity contribution < 1.29 is 0 Å². The second-order valence-electron chi connectivity index (χ2n) is 6.33. The summed E-state index contributed by atoms with van der Waals surface area (Å²) >= 11 is -0.114. The van der Waals surface area contributed by atoms with Crippen LogP contribution < -0.4 is 10.8 Å². The van der Waals surface area contributed by atoms with Gasteiger partial charge < -0.3 is 0 Å². The molecule has 0 spiro atoms. The average Bonchev–Trinajstić information content (AvgIpc) is 2.76. The molecule has 146 valence electrons. The van der Waals surface area contributed by atoms with Gasteiger partial charge >= 0.3 is 203 Å². The molecule has 0 aliphatic heterocycles. The molecule has 4 heteroatoms. The van der Waals surface area contributed by atoms with Crippen molar-refractivity contribution in [1.29, 1.82) is 0 Å². The molecule has 0 radical (unpaired) electrons. The third-order valence-corrected chi connectivity index (χ3v) is 12.8. The van der Waals surface area contributed by atoms with Crippen LogP contribution in [-0.4, -0.2) is 87.3 Å². The number of hydrogen-bond donors (Lipinski definition) is 0. The summed E-state index contributed by atoms with van der Waals surface area (Å²) in [7, 11) is 0. The zero-order valence-corrected chi connectivity index (χ0v) is 23.1. The molecule has 0 aliphatic rings.